The Morgan fingerprint density at radius 1 is 1.24 bits per heavy atom. The highest BCUT2D eigenvalue weighted by Gasteiger charge is 2.05. The first-order chi connectivity index (χ1) is 8.24. The predicted molar refractivity (Wildman–Crippen MR) is 77.6 cm³/mol. The molecule has 1 N–H and O–H groups in total. The molecule has 1 aromatic heterocycles. The molecule has 0 radical (unpaired) electrons. The summed E-state index contributed by atoms with van der Waals surface area (Å²) < 4.78 is 1.09. The molecule has 2 nitrogen and oxygen atoms in total. The Labute approximate surface area is 111 Å². The summed E-state index contributed by atoms with van der Waals surface area (Å²) in [5.74, 6) is 0. The van der Waals surface area contributed by atoms with Crippen molar-refractivity contribution in [1.82, 2.24) is 4.98 Å². The highest BCUT2D eigenvalue weighted by molar-refractivity contribution is 9.10. The second-order valence-electron chi connectivity index (χ2n) is 4.10. The van der Waals surface area contributed by atoms with E-state index >= 15 is 0 Å². The number of hydrogen-bond donors (Lipinski definition) is 1. The summed E-state index contributed by atoms with van der Waals surface area (Å²) in [6.45, 7) is 5.22. The van der Waals surface area contributed by atoms with Crippen molar-refractivity contribution in [3.63, 3.8) is 0 Å². The third-order valence-electron chi connectivity index (χ3n) is 2.70. The smallest absolute Gasteiger partial charge is 0.0726 e. The van der Waals surface area contributed by atoms with Gasteiger partial charge in [0.1, 0.15) is 0 Å². The lowest BCUT2D eigenvalue weighted by molar-refractivity contribution is 0.890. The van der Waals surface area contributed by atoms with Gasteiger partial charge in [-0.05, 0) is 37.6 Å². The topological polar surface area (TPSA) is 24.9 Å². The molecule has 0 fully saturated rings. The van der Waals surface area contributed by atoms with E-state index in [0.717, 1.165) is 29.4 Å². The first kappa shape index (κ1) is 12.4. The molecule has 0 saturated carbocycles. The van der Waals surface area contributed by atoms with Crippen LogP contribution in [0.25, 0.3) is 10.9 Å². The van der Waals surface area contributed by atoms with Gasteiger partial charge in [-0.3, -0.25) is 4.98 Å². The maximum Gasteiger partial charge on any atom is 0.0726 e. The lowest BCUT2D eigenvalue weighted by atomic mass is 10.1. The fourth-order valence-electron chi connectivity index (χ4n) is 1.97. The molecule has 17 heavy (non-hydrogen) atoms. The van der Waals surface area contributed by atoms with Crippen molar-refractivity contribution in [3.8, 4) is 0 Å². The van der Waals surface area contributed by atoms with Gasteiger partial charge < -0.3 is 5.32 Å². The van der Waals surface area contributed by atoms with Crippen LogP contribution in [0, 0.1) is 0 Å². The molecule has 0 aliphatic carbocycles. The standard InChI is InChI=1S/C14H17BrN2/c1-3-5-11-9-14(16-4-2)12-8-10(15)6-7-13(12)17-11/h6-9H,3-5H2,1-2H3,(H,16,17). The van der Waals surface area contributed by atoms with Crippen LogP contribution in [0.2, 0.25) is 0 Å². The number of hydrogen-bond acceptors (Lipinski definition) is 2. The third kappa shape index (κ3) is 2.78. The maximum atomic E-state index is 4.69. The number of nitrogens with zero attached hydrogens (tertiary/aromatic N) is 1. The van der Waals surface area contributed by atoms with E-state index < -0.39 is 0 Å². The Balaban J connectivity index is 2.58. The average molecular weight is 293 g/mol. The van der Waals surface area contributed by atoms with Crippen molar-refractivity contribution < 1.29 is 0 Å². The molecule has 0 saturated heterocycles. The van der Waals surface area contributed by atoms with E-state index in [4.69, 9.17) is 0 Å². The minimum absolute atomic E-state index is 0.928. The summed E-state index contributed by atoms with van der Waals surface area (Å²) >= 11 is 3.51. The van der Waals surface area contributed by atoms with Gasteiger partial charge in [0.05, 0.1) is 5.52 Å². The van der Waals surface area contributed by atoms with E-state index in [1.54, 1.807) is 0 Å². The van der Waals surface area contributed by atoms with Gasteiger partial charge in [0.25, 0.3) is 0 Å². The molecular weight excluding hydrogens is 276 g/mol. The summed E-state index contributed by atoms with van der Waals surface area (Å²) in [7, 11) is 0. The molecule has 90 valence electrons. The second kappa shape index (κ2) is 5.50. The van der Waals surface area contributed by atoms with Crippen molar-refractivity contribution in [2.75, 3.05) is 11.9 Å². The van der Waals surface area contributed by atoms with Crippen molar-refractivity contribution in [2.45, 2.75) is 26.7 Å². The van der Waals surface area contributed by atoms with Gasteiger partial charge in [-0.25, -0.2) is 0 Å². The van der Waals surface area contributed by atoms with Crippen molar-refractivity contribution >= 4 is 32.5 Å². The van der Waals surface area contributed by atoms with Crippen molar-refractivity contribution in [1.29, 1.82) is 0 Å². The van der Waals surface area contributed by atoms with Crippen LogP contribution in [0.1, 0.15) is 26.0 Å². The number of benzene rings is 1. The Hall–Kier alpha value is -1.09. The number of pyridine rings is 1. The van der Waals surface area contributed by atoms with Gasteiger partial charge in [-0.2, -0.15) is 0 Å². The highest BCUT2D eigenvalue weighted by Crippen LogP contribution is 2.26. The SMILES string of the molecule is CCCc1cc(NCC)c2cc(Br)ccc2n1. The summed E-state index contributed by atoms with van der Waals surface area (Å²) in [5, 5.41) is 4.60. The largest absolute Gasteiger partial charge is 0.385 e. The van der Waals surface area contributed by atoms with E-state index in [0.29, 0.717) is 0 Å². The third-order valence-corrected chi connectivity index (χ3v) is 3.19. The fourth-order valence-corrected chi connectivity index (χ4v) is 2.33. The molecule has 0 unspecified atom stereocenters. The van der Waals surface area contributed by atoms with Gasteiger partial charge in [-0.1, -0.05) is 29.3 Å². The van der Waals surface area contributed by atoms with Crippen LogP contribution in [0.3, 0.4) is 0 Å². The Morgan fingerprint density at radius 2 is 2.06 bits per heavy atom. The quantitative estimate of drug-likeness (QED) is 0.904. The lowest BCUT2D eigenvalue weighted by Crippen LogP contribution is -2.00. The zero-order chi connectivity index (χ0) is 12.3. The van der Waals surface area contributed by atoms with Gasteiger partial charge in [0.2, 0.25) is 0 Å². The molecule has 2 rings (SSSR count). The van der Waals surface area contributed by atoms with Crippen LogP contribution in [0.5, 0.6) is 0 Å². The molecule has 1 heterocycles. The summed E-state index contributed by atoms with van der Waals surface area (Å²) in [4.78, 5) is 4.69. The Morgan fingerprint density at radius 3 is 2.76 bits per heavy atom. The van der Waals surface area contributed by atoms with Crippen LogP contribution in [-0.2, 0) is 6.42 Å². The number of anilines is 1. The summed E-state index contributed by atoms with van der Waals surface area (Å²) in [6.07, 6.45) is 2.16. The van der Waals surface area contributed by atoms with Crippen LogP contribution >= 0.6 is 15.9 Å². The molecule has 0 aliphatic heterocycles. The number of fused-ring (bicyclic) bond motifs is 1. The average Bonchev–Trinajstić information content (AvgIpc) is 2.31. The lowest BCUT2D eigenvalue weighted by Gasteiger charge is -2.10. The number of aromatic nitrogens is 1. The number of rotatable bonds is 4. The molecule has 2 aromatic rings. The number of halogens is 1. The maximum absolute atomic E-state index is 4.69. The minimum Gasteiger partial charge on any atom is -0.385 e. The van der Waals surface area contributed by atoms with Gasteiger partial charge in [0.15, 0.2) is 0 Å². The normalized spacial score (nSPS) is 10.8. The van der Waals surface area contributed by atoms with E-state index in [-0.39, 0.29) is 0 Å². The van der Waals surface area contributed by atoms with Gasteiger partial charge in [0, 0.05) is 27.8 Å². The van der Waals surface area contributed by atoms with E-state index in [2.05, 4.69) is 58.3 Å². The molecular formula is C14H17BrN2. The van der Waals surface area contributed by atoms with Crippen LogP contribution in [0.15, 0.2) is 28.7 Å². The van der Waals surface area contributed by atoms with Crippen LogP contribution < -0.4 is 5.32 Å². The molecule has 0 amide bonds. The molecule has 0 atom stereocenters. The molecule has 3 heteroatoms. The van der Waals surface area contributed by atoms with Crippen LogP contribution in [-0.4, -0.2) is 11.5 Å². The monoisotopic (exact) mass is 292 g/mol. The van der Waals surface area contributed by atoms with E-state index in [1.165, 1.54) is 16.8 Å². The first-order valence-corrected chi connectivity index (χ1v) is 6.87. The zero-order valence-electron chi connectivity index (χ0n) is 10.3. The Kier molecular flexibility index (Phi) is 4.00. The van der Waals surface area contributed by atoms with E-state index in [1.807, 2.05) is 6.07 Å². The summed E-state index contributed by atoms with van der Waals surface area (Å²) in [6, 6.07) is 8.40. The molecule has 0 bridgehead atoms. The minimum atomic E-state index is 0.928. The fraction of sp³-hybridized carbons (Fsp3) is 0.357. The second-order valence-corrected chi connectivity index (χ2v) is 5.02. The predicted octanol–water partition coefficient (Wildman–Crippen LogP) is 4.38. The molecule has 0 aliphatic rings. The van der Waals surface area contributed by atoms with Gasteiger partial charge >= 0.3 is 0 Å². The molecule has 0 spiro atoms. The summed E-state index contributed by atoms with van der Waals surface area (Å²) in [5.41, 5.74) is 3.41. The molecule has 1 aromatic carbocycles. The Bertz CT molecular complexity index is 523. The first-order valence-electron chi connectivity index (χ1n) is 6.07. The van der Waals surface area contributed by atoms with Crippen molar-refractivity contribution in [2.24, 2.45) is 0 Å². The number of nitrogens with one attached hydrogen (secondary N) is 1. The van der Waals surface area contributed by atoms with Gasteiger partial charge in [-0.15, -0.1) is 0 Å². The zero-order valence-corrected chi connectivity index (χ0v) is 11.8. The highest BCUT2D eigenvalue weighted by atomic mass is 79.9. The van der Waals surface area contributed by atoms with E-state index in [9.17, 15) is 0 Å². The van der Waals surface area contributed by atoms with Crippen LogP contribution in [0.4, 0.5) is 5.69 Å². The van der Waals surface area contributed by atoms with Crippen molar-refractivity contribution in [3.05, 3.63) is 34.4 Å². The number of aryl methyl sites for hydroxylation is 1.